The molecular formula is C19H29N3O3. The Morgan fingerprint density at radius 2 is 2.20 bits per heavy atom. The van der Waals surface area contributed by atoms with E-state index < -0.39 is 5.41 Å². The van der Waals surface area contributed by atoms with E-state index in [4.69, 9.17) is 4.74 Å². The molecule has 2 heterocycles. The molecule has 6 heteroatoms. The van der Waals surface area contributed by atoms with Crippen LogP contribution < -0.4 is 0 Å². The molecular weight excluding hydrogens is 318 g/mol. The van der Waals surface area contributed by atoms with Gasteiger partial charge in [-0.15, -0.1) is 0 Å². The number of piperidine rings is 1. The van der Waals surface area contributed by atoms with Crippen LogP contribution in [0.3, 0.4) is 0 Å². The number of rotatable bonds is 7. The first kappa shape index (κ1) is 19.4. The summed E-state index contributed by atoms with van der Waals surface area (Å²) in [6.07, 6.45) is 7.88. The number of aromatic nitrogens is 1. The Kier molecular flexibility index (Phi) is 6.93. The van der Waals surface area contributed by atoms with Gasteiger partial charge in [-0.3, -0.25) is 14.6 Å². The van der Waals surface area contributed by atoms with E-state index in [1.54, 1.807) is 30.1 Å². The number of methoxy groups -OCH3 is 1. The summed E-state index contributed by atoms with van der Waals surface area (Å²) in [5, 5.41) is 0. The summed E-state index contributed by atoms with van der Waals surface area (Å²) in [5.74, 6) is 0.0824. The highest BCUT2D eigenvalue weighted by molar-refractivity contribution is 5.84. The van der Waals surface area contributed by atoms with Gasteiger partial charge < -0.3 is 14.5 Å². The van der Waals surface area contributed by atoms with E-state index in [1.165, 1.54) is 12.7 Å². The lowest BCUT2D eigenvalue weighted by Gasteiger charge is -2.43. The van der Waals surface area contributed by atoms with Gasteiger partial charge in [0.2, 0.25) is 11.8 Å². The predicted molar refractivity (Wildman–Crippen MR) is 96.0 cm³/mol. The summed E-state index contributed by atoms with van der Waals surface area (Å²) < 4.78 is 4.98. The van der Waals surface area contributed by atoms with E-state index in [2.05, 4.69) is 11.1 Å². The summed E-state index contributed by atoms with van der Waals surface area (Å²) in [4.78, 5) is 32.8. The maximum atomic E-state index is 12.9. The van der Waals surface area contributed by atoms with Gasteiger partial charge in [0, 0.05) is 46.7 Å². The van der Waals surface area contributed by atoms with Crippen LogP contribution in [0.1, 0.15) is 31.2 Å². The van der Waals surface area contributed by atoms with E-state index in [-0.39, 0.29) is 18.4 Å². The van der Waals surface area contributed by atoms with Crippen LogP contribution in [0.5, 0.6) is 0 Å². The average Bonchev–Trinajstić information content (AvgIpc) is 2.62. The minimum absolute atomic E-state index is 0.0367. The number of amides is 2. The highest BCUT2D eigenvalue weighted by Gasteiger charge is 2.43. The summed E-state index contributed by atoms with van der Waals surface area (Å²) in [7, 11) is 5.11. The molecule has 1 fully saturated rings. The van der Waals surface area contributed by atoms with Gasteiger partial charge in [-0.25, -0.2) is 0 Å². The molecule has 0 aromatic carbocycles. The van der Waals surface area contributed by atoms with Gasteiger partial charge >= 0.3 is 0 Å². The molecule has 0 N–H and O–H groups in total. The third-order valence-electron chi connectivity index (χ3n) is 4.90. The standard InChI is InChI=1S/C19H29N3O3/c1-21(2)18(24)19(9-4-7-16-8-5-11-20-13-16)10-6-12-22(15-19)17(23)14-25-3/h5,8,11,13H,4,6-7,9-10,12,14-15H2,1-3H3. The maximum absolute atomic E-state index is 12.9. The van der Waals surface area contributed by atoms with Gasteiger partial charge in [-0.05, 0) is 43.7 Å². The molecule has 1 aromatic rings. The first-order chi connectivity index (χ1) is 12.0. The normalized spacial score (nSPS) is 20.4. The second kappa shape index (κ2) is 8.94. The van der Waals surface area contributed by atoms with Crippen molar-refractivity contribution in [3.63, 3.8) is 0 Å². The lowest BCUT2D eigenvalue weighted by atomic mass is 9.74. The minimum Gasteiger partial charge on any atom is -0.375 e. The smallest absolute Gasteiger partial charge is 0.248 e. The Morgan fingerprint density at radius 3 is 2.84 bits per heavy atom. The van der Waals surface area contributed by atoms with Crippen LogP contribution >= 0.6 is 0 Å². The van der Waals surface area contributed by atoms with Gasteiger partial charge in [-0.2, -0.15) is 0 Å². The van der Waals surface area contributed by atoms with Gasteiger partial charge in [-0.1, -0.05) is 6.07 Å². The van der Waals surface area contributed by atoms with Crippen molar-refractivity contribution in [1.29, 1.82) is 0 Å². The molecule has 0 aliphatic carbocycles. The quantitative estimate of drug-likeness (QED) is 0.754. The Morgan fingerprint density at radius 1 is 1.40 bits per heavy atom. The molecule has 2 rings (SSSR count). The topological polar surface area (TPSA) is 62.7 Å². The van der Waals surface area contributed by atoms with Crippen molar-refractivity contribution < 1.29 is 14.3 Å². The number of carbonyl (C=O) groups is 2. The van der Waals surface area contributed by atoms with Gasteiger partial charge in [0.05, 0.1) is 5.41 Å². The number of ether oxygens (including phenoxy) is 1. The molecule has 25 heavy (non-hydrogen) atoms. The lowest BCUT2D eigenvalue weighted by molar-refractivity contribution is -0.149. The van der Waals surface area contributed by atoms with E-state index in [1.807, 2.05) is 12.3 Å². The molecule has 1 aromatic heterocycles. The Bertz CT molecular complexity index is 577. The van der Waals surface area contributed by atoms with E-state index in [0.29, 0.717) is 13.1 Å². The average molecular weight is 347 g/mol. The highest BCUT2D eigenvalue weighted by Crippen LogP contribution is 2.37. The van der Waals surface area contributed by atoms with Crippen molar-refractivity contribution in [3.05, 3.63) is 30.1 Å². The molecule has 1 saturated heterocycles. The largest absolute Gasteiger partial charge is 0.375 e. The number of likely N-dealkylation sites (tertiary alicyclic amines) is 1. The second-order valence-corrected chi connectivity index (χ2v) is 7.05. The molecule has 1 unspecified atom stereocenters. The van der Waals surface area contributed by atoms with Crippen LogP contribution in [0.2, 0.25) is 0 Å². The number of nitrogens with zero attached hydrogens (tertiary/aromatic N) is 3. The number of hydrogen-bond acceptors (Lipinski definition) is 4. The Hall–Kier alpha value is -1.95. The molecule has 1 atom stereocenters. The third kappa shape index (κ3) is 5.01. The maximum Gasteiger partial charge on any atom is 0.248 e. The molecule has 1 aliphatic rings. The number of hydrogen-bond donors (Lipinski definition) is 0. The zero-order valence-corrected chi connectivity index (χ0v) is 15.5. The summed E-state index contributed by atoms with van der Waals surface area (Å²) in [6.45, 7) is 1.26. The molecule has 1 aliphatic heterocycles. The van der Waals surface area contributed by atoms with Crippen LogP contribution in [0.4, 0.5) is 0 Å². The first-order valence-corrected chi connectivity index (χ1v) is 8.86. The number of aryl methyl sites for hydroxylation is 1. The minimum atomic E-state index is -0.493. The zero-order chi connectivity index (χ0) is 18.3. The van der Waals surface area contributed by atoms with E-state index >= 15 is 0 Å². The van der Waals surface area contributed by atoms with Crippen molar-refractivity contribution in [3.8, 4) is 0 Å². The molecule has 0 bridgehead atoms. The molecule has 0 saturated carbocycles. The molecule has 2 amide bonds. The molecule has 0 spiro atoms. The highest BCUT2D eigenvalue weighted by atomic mass is 16.5. The second-order valence-electron chi connectivity index (χ2n) is 7.05. The fourth-order valence-corrected chi connectivity index (χ4v) is 3.70. The first-order valence-electron chi connectivity index (χ1n) is 8.86. The van der Waals surface area contributed by atoms with Crippen LogP contribution in [0, 0.1) is 5.41 Å². The van der Waals surface area contributed by atoms with Crippen LogP contribution in [-0.4, -0.2) is 67.5 Å². The van der Waals surface area contributed by atoms with Gasteiger partial charge in [0.25, 0.3) is 0 Å². The number of carbonyl (C=O) groups excluding carboxylic acids is 2. The SMILES string of the molecule is COCC(=O)N1CCCC(CCCc2cccnc2)(C(=O)N(C)C)C1. The predicted octanol–water partition coefficient (Wildman–Crippen LogP) is 1.75. The van der Waals surface area contributed by atoms with Crippen LogP contribution in [-0.2, 0) is 20.7 Å². The van der Waals surface area contributed by atoms with Crippen molar-refractivity contribution in [2.24, 2.45) is 5.41 Å². The van der Waals surface area contributed by atoms with Crippen LogP contribution in [0.25, 0.3) is 0 Å². The van der Waals surface area contributed by atoms with Gasteiger partial charge in [0.1, 0.15) is 6.61 Å². The molecule has 0 radical (unpaired) electrons. The zero-order valence-electron chi connectivity index (χ0n) is 15.5. The fourth-order valence-electron chi connectivity index (χ4n) is 3.70. The van der Waals surface area contributed by atoms with Crippen molar-refractivity contribution in [2.75, 3.05) is 40.9 Å². The summed E-state index contributed by atoms with van der Waals surface area (Å²) >= 11 is 0. The van der Waals surface area contributed by atoms with Crippen LogP contribution in [0.15, 0.2) is 24.5 Å². The third-order valence-corrected chi connectivity index (χ3v) is 4.90. The lowest BCUT2D eigenvalue weighted by Crippen LogP contribution is -2.53. The number of pyridine rings is 1. The molecule has 6 nitrogen and oxygen atoms in total. The molecule has 138 valence electrons. The fraction of sp³-hybridized carbons (Fsp3) is 0.632. The van der Waals surface area contributed by atoms with Crippen molar-refractivity contribution in [1.82, 2.24) is 14.8 Å². The van der Waals surface area contributed by atoms with Gasteiger partial charge in [0.15, 0.2) is 0 Å². The van der Waals surface area contributed by atoms with E-state index in [9.17, 15) is 9.59 Å². The summed E-state index contributed by atoms with van der Waals surface area (Å²) in [5.41, 5.74) is 0.686. The monoisotopic (exact) mass is 347 g/mol. The van der Waals surface area contributed by atoms with E-state index in [0.717, 1.165) is 32.1 Å². The summed E-state index contributed by atoms with van der Waals surface area (Å²) in [6, 6.07) is 3.99. The van der Waals surface area contributed by atoms with Crippen molar-refractivity contribution >= 4 is 11.8 Å². The Balaban J connectivity index is 2.08. The van der Waals surface area contributed by atoms with Crippen molar-refractivity contribution in [2.45, 2.75) is 32.1 Å². The Labute approximate surface area is 150 Å².